The summed E-state index contributed by atoms with van der Waals surface area (Å²) in [5.74, 6) is 0.0237. The molecule has 2 N–H and O–H groups in total. The van der Waals surface area contributed by atoms with Crippen LogP contribution in [0.2, 0.25) is 0 Å². The number of hydrogen-bond donors (Lipinski definition) is 2. The third-order valence-corrected chi connectivity index (χ3v) is 4.77. The first-order chi connectivity index (χ1) is 12.4. The molecule has 1 aromatic carbocycles. The maximum absolute atomic E-state index is 12.6. The average Bonchev–Trinajstić information content (AvgIpc) is 2.66. The molecule has 0 bridgehead atoms. The molecular formula is C18H27ClN4O4. The second kappa shape index (κ2) is 10.8. The summed E-state index contributed by atoms with van der Waals surface area (Å²) >= 11 is 0. The van der Waals surface area contributed by atoms with E-state index in [1.165, 1.54) is 24.3 Å². The van der Waals surface area contributed by atoms with Gasteiger partial charge in [0, 0.05) is 30.8 Å². The molecule has 1 atom stereocenters. The summed E-state index contributed by atoms with van der Waals surface area (Å²) < 4.78 is 0. The smallest absolute Gasteiger partial charge is 0.270 e. The minimum Gasteiger partial charge on any atom is -0.341 e. The molecule has 1 unspecified atom stereocenters. The second-order valence-corrected chi connectivity index (χ2v) is 6.66. The molecule has 1 aromatic rings. The molecule has 0 radical (unpaired) electrons. The van der Waals surface area contributed by atoms with Crippen LogP contribution in [0.5, 0.6) is 0 Å². The van der Waals surface area contributed by atoms with E-state index in [0.717, 1.165) is 25.8 Å². The Balaban J connectivity index is 0.00000364. The van der Waals surface area contributed by atoms with E-state index in [1.807, 2.05) is 7.05 Å². The predicted molar refractivity (Wildman–Crippen MR) is 105 cm³/mol. The van der Waals surface area contributed by atoms with Crippen molar-refractivity contribution in [1.29, 1.82) is 0 Å². The fourth-order valence-corrected chi connectivity index (χ4v) is 3.17. The molecule has 0 aromatic heterocycles. The second-order valence-electron chi connectivity index (χ2n) is 6.66. The number of nitrogens with one attached hydrogen (secondary N) is 2. The van der Waals surface area contributed by atoms with Crippen LogP contribution in [0.15, 0.2) is 24.3 Å². The first-order valence-electron chi connectivity index (χ1n) is 8.91. The van der Waals surface area contributed by atoms with Gasteiger partial charge >= 0.3 is 0 Å². The maximum Gasteiger partial charge on any atom is 0.270 e. The number of nitrogens with zero attached hydrogens (tertiary/aromatic N) is 2. The minimum absolute atomic E-state index is 0. The molecule has 9 heteroatoms. The summed E-state index contributed by atoms with van der Waals surface area (Å²) in [6.45, 7) is 4.02. The van der Waals surface area contributed by atoms with Crippen molar-refractivity contribution >= 4 is 29.9 Å². The van der Waals surface area contributed by atoms with E-state index < -0.39 is 16.9 Å². The van der Waals surface area contributed by atoms with Gasteiger partial charge in [-0.3, -0.25) is 19.7 Å². The van der Waals surface area contributed by atoms with Gasteiger partial charge in [0.1, 0.15) is 6.04 Å². The van der Waals surface area contributed by atoms with Crippen LogP contribution in [-0.4, -0.2) is 54.4 Å². The van der Waals surface area contributed by atoms with E-state index in [0.29, 0.717) is 19.0 Å². The lowest BCUT2D eigenvalue weighted by molar-refractivity contribution is -0.384. The number of amides is 2. The van der Waals surface area contributed by atoms with Gasteiger partial charge in [-0.2, -0.15) is 0 Å². The van der Waals surface area contributed by atoms with Gasteiger partial charge in [-0.1, -0.05) is 6.07 Å². The number of carbonyl (C=O) groups is 2. The molecule has 1 aliphatic heterocycles. The molecule has 2 amide bonds. The van der Waals surface area contributed by atoms with Gasteiger partial charge in [-0.05, 0) is 51.8 Å². The SMILES string of the molecule is CNCCC1CCN(C(=O)C(C)NC(=O)c2cccc([N+](=O)[O-])c2)CC1.Cl. The van der Waals surface area contributed by atoms with Gasteiger partial charge in [-0.15, -0.1) is 12.4 Å². The molecule has 1 saturated heterocycles. The van der Waals surface area contributed by atoms with Gasteiger partial charge in [0.05, 0.1) is 4.92 Å². The number of piperidine rings is 1. The highest BCUT2D eigenvalue weighted by molar-refractivity contribution is 5.97. The fourth-order valence-electron chi connectivity index (χ4n) is 3.17. The molecule has 0 saturated carbocycles. The summed E-state index contributed by atoms with van der Waals surface area (Å²) in [4.78, 5) is 36.9. The third-order valence-electron chi connectivity index (χ3n) is 4.77. The summed E-state index contributed by atoms with van der Waals surface area (Å²) in [5.41, 5.74) is 0.0184. The first-order valence-corrected chi connectivity index (χ1v) is 8.91. The van der Waals surface area contributed by atoms with Gasteiger partial charge in [0.15, 0.2) is 0 Å². The van der Waals surface area contributed by atoms with E-state index in [-0.39, 0.29) is 29.6 Å². The number of halogens is 1. The van der Waals surface area contributed by atoms with Crippen molar-refractivity contribution in [2.24, 2.45) is 5.92 Å². The lowest BCUT2D eigenvalue weighted by Crippen LogP contribution is -2.49. The molecule has 150 valence electrons. The molecule has 0 spiro atoms. The quantitative estimate of drug-likeness (QED) is 0.539. The van der Waals surface area contributed by atoms with E-state index >= 15 is 0 Å². The molecule has 1 aliphatic rings. The number of nitro benzene ring substituents is 1. The number of nitro groups is 1. The van der Waals surface area contributed by atoms with E-state index in [9.17, 15) is 19.7 Å². The maximum atomic E-state index is 12.6. The zero-order chi connectivity index (χ0) is 19.1. The Labute approximate surface area is 165 Å². The Hall–Kier alpha value is -2.19. The largest absolute Gasteiger partial charge is 0.341 e. The molecule has 1 heterocycles. The van der Waals surface area contributed by atoms with Crippen LogP contribution < -0.4 is 10.6 Å². The third kappa shape index (κ3) is 6.48. The van der Waals surface area contributed by atoms with Crippen LogP contribution in [0.4, 0.5) is 5.69 Å². The number of non-ortho nitro benzene ring substituents is 1. The van der Waals surface area contributed by atoms with Gasteiger partial charge in [-0.25, -0.2) is 0 Å². The van der Waals surface area contributed by atoms with Gasteiger partial charge in [0.2, 0.25) is 5.91 Å². The molecule has 8 nitrogen and oxygen atoms in total. The van der Waals surface area contributed by atoms with E-state index in [1.54, 1.807) is 11.8 Å². The normalized spacial score (nSPS) is 15.6. The molecule has 1 fully saturated rings. The van der Waals surface area contributed by atoms with Crippen molar-refractivity contribution in [2.45, 2.75) is 32.2 Å². The van der Waals surface area contributed by atoms with Crippen LogP contribution in [0, 0.1) is 16.0 Å². The van der Waals surface area contributed by atoms with Crippen LogP contribution in [-0.2, 0) is 4.79 Å². The van der Waals surface area contributed by atoms with Crippen LogP contribution in [0.1, 0.15) is 36.5 Å². The Morgan fingerprint density at radius 2 is 2.00 bits per heavy atom. The standard InChI is InChI=1S/C18H26N4O4.ClH/c1-13(18(24)21-10-7-14(8-11-21)6-9-19-2)20-17(23)15-4-3-5-16(12-15)22(25)26;/h3-5,12-14,19H,6-11H2,1-2H3,(H,20,23);1H. The molecule has 0 aliphatic carbocycles. The number of hydrogen-bond acceptors (Lipinski definition) is 5. The van der Waals surface area contributed by atoms with Crippen LogP contribution in [0.3, 0.4) is 0 Å². The van der Waals surface area contributed by atoms with Crippen molar-refractivity contribution < 1.29 is 14.5 Å². The summed E-state index contributed by atoms with van der Waals surface area (Å²) in [5, 5.41) is 16.6. The van der Waals surface area contributed by atoms with Crippen LogP contribution in [0.25, 0.3) is 0 Å². The van der Waals surface area contributed by atoms with Crippen molar-refractivity contribution in [3.8, 4) is 0 Å². The summed E-state index contributed by atoms with van der Waals surface area (Å²) in [6, 6.07) is 4.81. The first kappa shape index (κ1) is 22.9. The summed E-state index contributed by atoms with van der Waals surface area (Å²) in [7, 11) is 1.93. The Morgan fingerprint density at radius 3 is 2.59 bits per heavy atom. The van der Waals surface area contributed by atoms with Crippen LogP contribution >= 0.6 is 12.4 Å². The van der Waals surface area contributed by atoms with Crippen molar-refractivity contribution in [3.05, 3.63) is 39.9 Å². The Bertz CT molecular complexity index is 663. The highest BCUT2D eigenvalue weighted by Crippen LogP contribution is 2.20. The topological polar surface area (TPSA) is 105 Å². The van der Waals surface area contributed by atoms with E-state index in [4.69, 9.17) is 0 Å². The average molecular weight is 399 g/mol. The number of carbonyl (C=O) groups excluding carboxylic acids is 2. The Kier molecular flexibility index (Phi) is 9.17. The monoisotopic (exact) mass is 398 g/mol. The highest BCUT2D eigenvalue weighted by Gasteiger charge is 2.27. The van der Waals surface area contributed by atoms with Crippen molar-refractivity contribution in [1.82, 2.24) is 15.5 Å². The zero-order valence-corrected chi connectivity index (χ0v) is 16.5. The molecular weight excluding hydrogens is 372 g/mol. The lowest BCUT2D eigenvalue weighted by Gasteiger charge is -2.33. The zero-order valence-electron chi connectivity index (χ0n) is 15.6. The van der Waals surface area contributed by atoms with Gasteiger partial charge < -0.3 is 15.5 Å². The summed E-state index contributed by atoms with van der Waals surface area (Å²) in [6.07, 6.45) is 3.05. The predicted octanol–water partition coefficient (Wildman–Crippen LogP) is 1.98. The van der Waals surface area contributed by atoms with Crippen molar-refractivity contribution in [2.75, 3.05) is 26.7 Å². The number of rotatable bonds is 7. The molecule has 2 rings (SSSR count). The fraction of sp³-hybridized carbons (Fsp3) is 0.556. The molecule has 27 heavy (non-hydrogen) atoms. The van der Waals surface area contributed by atoms with Gasteiger partial charge in [0.25, 0.3) is 11.6 Å². The minimum atomic E-state index is -0.671. The van der Waals surface area contributed by atoms with E-state index in [2.05, 4.69) is 10.6 Å². The lowest BCUT2D eigenvalue weighted by atomic mass is 9.93. The van der Waals surface area contributed by atoms with Crippen molar-refractivity contribution in [3.63, 3.8) is 0 Å². The highest BCUT2D eigenvalue weighted by atomic mass is 35.5. The number of benzene rings is 1. The number of likely N-dealkylation sites (tertiary alicyclic amines) is 1. The Morgan fingerprint density at radius 1 is 1.33 bits per heavy atom.